The monoisotopic (exact) mass is 192 g/mol. The predicted molar refractivity (Wildman–Crippen MR) is 62.6 cm³/mol. The highest BCUT2D eigenvalue weighted by Gasteiger charge is 2.03. The molecule has 1 rings (SSSR count). The van der Waals surface area contributed by atoms with Gasteiger partial charge in [0.25, 0.3) is 0 Å². The van der Waals surface area contributed by atoms with Gasteiger partial charge in [0.05, 0.1) is 0 Å². The molecule has 0 aromatic heterocycles. The van der Waals surface area contributed by atoms with Gasteiger partial charge in [-0.2, -0.15) is 0 Å². The van der Waals surface area contributed by atoms with E-state index in [2.05, 4.69) is 43.4 Å². The third kappa shape index (κ3) is 3.38. The van der Waals surface area contributed by atoms with Crippen LogP contribution in [0, 0.1) is 6.92 Å². The van der Waals surface area contributed by atoms with Crippen molar-refractivity contribution in [2.24, 2.45) is 5.73 Å². The van der Waals surface area contributed by atoms with Crippen molar-refractivity contribution in [1.29, 1.82) is 0 Å². The molecule has 2 heteroatoms. The molecule has 1 aromatic rings. The molecule has 0 aliphatic rings. The van der Waals surface area contributed by atoms with Crippen LogP contribution < -0.4 is 11.1 Å². The molecule has 1 aromatic carbocycles. The van der Waals surface area contributed by atoms with E-state index < -0.39 is 0 Å². The standard InChI is InChI=1S/C12H20N2/c1-3-4-12(9-13)14-11-7-5-10(2)6-8-11/h5-8,12,14H,3-4,9,13H2,1-2H3. The Morgan fingerprint density at radius 2 is 1.93 bits per heavy atom. The lowest BCUT2D eigenvalue weighted by Crippen LogP contribution is -2.28. The molecule has 0 aliphatic carbocycles. The Bertz CT molecular complexity index is 254. The molecule has 0 amide bonds. The highest BCUT2D eigenvalue weighted by molar-refractivity contribution is 5.45. The summed E-state index contributed by atoms with van der Waals surface area (Å²) in [6.07, 6.45) is 2.30. The summed E-state index contributed by atoms with van der Waals surface area (Å²) < 4.78 is 0. The first kappa shape index (κ1) is 11.1. The summed E-state index contributed by atoms with van der Waals surface area (Å²) in [6.45, 7) is 4.97. The van der Waals surface area contributed by atoms with Gasteiger partial charge in [0.1, 0.15) is 0 Å². The lowest BCUT2D eigenvalue weighted by Gasteiger charge is -2.17. The van der Waals surface area contributed by atoms with Gasteiger partial charge in [-0.3, -0.25) is 0 Å². The number of nitrogens with two attached hydrogens (primary N) is 1. The van der Waals surface area contributed by atoms with Crippen LogP contribution in [0.4, 0.5) is 5.69 Å². The Morgan fingerprint density at radius 3 is 2.43 bits per heavy atom. The molecule has 78 valence electrons. The zero-order valence-electron chi connectivity index (χ0n) is 9.09. The Labute approximate surface area is 86.5 Å². The van der Waals surface area contributed by atoms with Crippen LogP contribution in [-0.4, -0.2) is 12.6 Å². The minimum Gasteiger partial charge on any atom is -0.381 e. The molecule has 0 spiro atoms. The van der Waals surface area contributed by atoms with Crippen molar-refractivity contribution in [1.82, 2.24) is 0 Å². The van der Waals surface area contributed by atoms with E-state index in [1.54, 1.807) is 0 Å². The zero-order chi connectivity index (χ0) is 10.4. The third-order valence-corrected chi connectivity index (χ3v) is 2.34. The second-order valence-corrected chi connectivity index (χ2v) is 3.73. The van der Waals surface area contributed by atoms with Crippen molar-refractivity contribution in [3.05, 3.63) is 29.8 Å². The first-order valence-corrected chi connectivity index (χ1v) is 5.29. The topological polar surface area (TPSA) is 38.0 Å². The molecule has 0 fully saturated rings. The van der Waals surface area contributed by atoms with Crippen LogP contribution in [0.1, 0.15) is 25.3 Å². The number of aryl methyl sites for hydroxylation is 1. The summed E-state index contributed by atoms with van der Waals surface area (Å²) in [7, 11) is 0. The normalized spacial score (nSPS) is 12.5. The highest BCUT2D eigenvalue weighted by Crippen LogP contribution is 2.11. The molecule has 0 radical (unpaired) electrons. The average molecular weight is 192 g/mol. The quantitative estimate of drug-likeness (QED) is 0.752. The van der Waals surface area contributed by atoms with Crippen LogP contribution in [0.2, 0.25) is 0 Å². The second kappa shape index (κ2) is 5.66. The van der Waals surface area contributed by atoms with Gasteiger partial charge in [-0.25, -0.2) is 0 Å². The summed E-state index contributed by atoms with van der Waals surface area (Å²) in [5.74, 6) is 0. The van der Waals surface area contributed by atoms with Crippen LogP contribution in [0.15, 0.2) is 24.3 Å². The Hall–Kier alpha value is -1.02. The summed E-state index contributed by atoms with van der Waals surface area (Å²) in [5, 5.41) is 3.43. The number of benzene rings is 1. The first-order valence-electron chi connectivity index (χ1n) is 5.29. The molecule has 14 heavy (non-hydrogen) atoms. The van der Waals surface area contributed by atoms with Gasteiger partial charge in [0.15, 0.2) is 0 Å². The van der Waals surface area contributed by atoms with Crippen molar-refractivity contribution in [2.75, 3.05) is 11.9 Å². The highest BCUT2D eigenvalue weighted by atomic mass is 14.9. The number of nitrogens with one attached hydrogen (secondary N) is 1. The Balaban J connectivity index is 2.53. The Kier molecular flexibility index (Phi) is 4.47. The maximum Gasteiger partial charge on any atom is 0.0383 e. The van der Waals surface area contributed by atoms with E-state index in [-0.39, 0.29) is 0 Å². The van der Waals surface area contributed by atoms with E-state index in [0.717, 1.165) is 6.42 Å². The molecule has 0 aliphatic heterocycles. The summed E-state index contributed by atoms with van der Waals surface area (Å²) in [5.41, 5.74) is 8.13. The maximum atomic E-state index is 5.67. The molecule has 0 saturated heterocycles. The molecule has 1 atom stereocenters. The molecular formula is C12H20N2. The van der Waals surface area contributed by atoms with E-state index in [1.165, 1.54) is 17.7 Å². The number of hydrogen-bond acceptors (Lipinski definition) is 2. The van der Waals surface area contributed by atoms with Crippen LogP contribution in [0.25, 0.3) is 0 Å². The summed E-state index contributed by atoms with van der Waals surface area (Å²) >= 11 is 0. The fraction of sp³-hybridized carbons (Fsp3) is 0.500. The second-order valence-electron chi connectivity index (χ2n) is 3.73. The van der Waals surface area contributed by atoms with Gasteiger partial charge >= 0.3 is 0 Å². The van der Waals surface area contributed by atoms with Crippen molar-refractivity contribution < 1.29 is 0 Å². The molecule has 2 nitrogen and oxygen atoms in total. The third-order valence-electron chi connectivity index (χ3n) is 2.34. The molecular weight excluding hydrogens is 172 g/mol. The van der Waals surface area contributed by atoms with Crippen molar-refractivity contribution in [3.63, 3.8) is 0 Å². The van der Waals surface area contributed by atoms with Crippen LogP contribution >= 0.6 is 0 Å². The van der Waals surface area contributed by atoms with Gasteiger partial charge in [0.2, 0.25) is 0 Å². The van der Waals surface area contributed by atoms with Gasteiger partial charge in [-0.1, -0.05) is 31.0 Å². The van der Waals surface area contributed by atoms with Crippen LogP contribution in [0.5, 0.6) is 0 Å². The SMILES string of the molecule is CCCC(CN)Nc1ccc(C)cc1. The van der Waals surface area contributed by atoms with Gasteiger partial charge < -0.3 is 11.1 Å². The van der Waals surface area contributed by atoms with Crippen molar-refractivity contribution >= 4 is 5.69 Å². The van der Waals surface area contributed by atoms with E-state index in [9.17, 15) is 0 Å². The van der Waals surface area contributed by atoms with E-state index in [1.807, 2.05) is 0 Å². The molecule has 0 bridgehead atoms. The summed E-state index contributed by atoms with van der Waals surface area (Å²) in [4.78, 5) is 0. The molecule has 0 saturated carbocycles. The fourth-order valence-electron chi connectivity index (χ4n) is 1.48. The summed E-state index contributed by atoms with van der Waals surface area (Å²) in [6, 6.07) is 8.84. The lowest BCUT2D eigenvalue weighted by molar-refractivity contribution is 0.648. The average Bonchev–Trinajstić information content (AvgIpc) is 2.20. The van der Waals surface area contributed by atoms with E-state index in [0.29, 0.717) is 12.6 Å². The lowest BCUT2D eigenvalue weighted by atomic mass is 10.1. The minimum absolute atomic E-state index is 0.405. The van der Waals surface area contributed by atoms with Gasteiger partial charge in [0, 0.05) is 18.3 Å². The number of hydrogen-bond donors (Lipinski definition) is 2. The van der Waals surface area contributed by atoms with Crippen molar-refractivity contribution in [3.8, 4) is 0 Å². The smallest absolute Gasteiger partial charge is 0.0383 e. The largest absolute Gasteiger partial charge is 0.381 e. The molecule has 3 N–H and O–H groups in total. The predicted octanol–water partition coefficient (Wildman–Crippen LogP) is 2.53. The maximum absolute atomic E-state index is 5.67. The van der Waals surface area contributed by atoms with Crippen LogP contribution in [0.3, 0.4) is 0 Å². The number of rotatable bonds is 5. The van der Waals surface area contributed by atoms with Gasteiger partial charge in [-0.15, -0.1) is 0 Å². The first-order chi connectivity index (χ1) is 6.76. The van der Waals surface area contributed by atoms with Gasteiger partial charge in [-0.05, 0) is 25.5 Å². The van der Waals surface area contributed by atoms with E-state index >= 15 is 0 Å². The van der Waals surface area contributed by atoms with E-state index in [4.69, 9.17) is 5.73 Å². The molecule has 0 heterocycles. The fourth-order valence-corrected chi connectivity index (χ4v) is 1.48. The number of anilines is 1. The van der Waals surface area contributed by atoms with Crippen LogP contribution in [-0.2, 0) is 0 Å². The Morgan fingerprint density at radius 1 is 1.29 bits per heavy atom. The minimum atomic E-state index is 0.405. The molecule has 1 unspecified atom stereocenters. The zero-order valence-corrected chi connectivity index (χ0v) is 9.09. The van der Waals surface area contributed by atoms with Crippen molar-refractivity contribution in [2.45, 2.75) is 32.7 Å².